The van der Waals surface area contributed by atoms with Crippen LogP contribution in [-0.2, 0) is 4.74 Å². The molecule has 3 heterocycles. The van der Waals surface area contributed by atoms with E-state index in [1.165, 1.54) is 7.11 Å². The predicted molar refractivity (Wildman–Crippen MR) is 103 cm³/mol. The Morgan fingerprint density at radius 3 is 2.68 bits per heavy atom. The van der Waals surface area contributed by atoms with E-state index in [0.29, 0.717) is 34.0 Å². The highest BCUT2D eigenvalue weighted by molar-refractivity contribution is 5.90. The van der Waals surface area contributed by atoms with Gasteiger partial charge in [0.15, 0.2) is 11.5 Å². The topological polar surface area (TPSA) is 108 Å². The van der Waals surface area contributed by atoms with Crippen molar-refractivity contribution in [3.63, 3.8) is 0 Å². The summed E-state index contributed by atoms with van der Waals surface area (Å²) in [6, 6.07) is 14.7. The number of nitriles is 1. The van der Waals surface area contributed by atoms with E-state index < -0.39 is 5.97 Å². The van der Waals surface area contributed by atoms with Crippen LogP contribution in [0.15, 0.2) is 48.7 Å². The number of H-pyrrole nitrogens is 1. The first-order valence-electron chi connectivity index (χ1n) is 8.50. The molecule has 0 saturated carbocycles. The Balaban J connectivity index is 1.81. The maximum atomic E-state index is 11.6. The van der Waals surface area contributed by atoms with Gasteiger partial charge in [0.25, 0.3) is 0 Å². The second-order valence-electron chi connectivity index (χ2n) is 6.13. The van der Waals surface area contributed by atoms with Gasteiger partial charge in [-0.25, -0.2) is 14.3 Å². The lowest BCUT2D eigenvalue weighted by atomic mass is 10.2. The average Bonchev–Trinajstić information content (AvgIpc) is 3.28. The van der Waals surface area contributed by atoms with E-state index in [1.54, 1.807) is 35.0 Å². The van der Waals surface area contributed by atoms with Crippen LogP contribution in [0.5, 0.6) is 0 Å². The van der Waals surface area contributed by atoms with Crippen molar-refractivity contribution in [1.82, 2.24) is 19.6 Å². The van der Waals surface area contributed by atoms with Crippen LogP contribution in [0, 0.1) is 18.3 Å². The summed E-state index contributed by atoms with van der Waals surface area (Å²) < 4.78 is 6.43. The number of fused-ring (bicyclic) bond motifs is 1. The van der Waals surface area contributed by atoms with Crippen LogP contribution in [0.2, 0.25) is 0 Å². The van der Waals surface area contributed by atoms with Crippen LogP contribution < -0.4 is 5.32 Å². The standard InChI is InChI=1S/C20H16N6O2/c1-12-4-3-5-16(23-12)17-19(26-18(25-17)14(10-21)11-22-26)24-15-8-6-13(7-9-15)20(27)28-2/h3-9,11,22,24H,1-2H3. The van der Waals surface area contributed by atoms with Gasteiger partial charge in [0.1, 0.15) is 17.3 Å². The molecule has 138 valence electrons. The van der Waals surface area contributed by atoms with E-state index in [2.05, 4.69) is 26.5 Å². The number of benzene rings is 1. The minimum Gasteiger partial charge on any atom is -0.465 e. The number of esters is 1. The molecule has 0 fully saturated rings. The molecule has 0 bridgehead atoms. The number of ether oxygens (including phenoxy) is 1. The lowest BCUT2D eigenvalue weighted by molar-refractivity contribution is 0.0601. The summed E-state index contributed by atoms with van der Waals surface area (Å²) in [6.07, 6.45) is 1.60. The van der Waals surface area contributed by atoms with E-state index in [9.17, 15) is 10.1 Å². The molecule has 0 atom stereocenters. The van der Waals surface area contributed by atoms with Gasteiger partial charge in [-0.3, -0.25) is 10.1 Å². The first-order chi connectivity index (χ1) is 13.6. The Labute approximate surface area is 160 Å². The first-order valence-corrected chi connectivity index (χ1v) is 8.50. The van der Waals surface area contributed by atoms with Crippen LogP contribution in [-0.4, -0.2) is 32.7 Å². The van der Waals surface area contributed by atoms with E-state index in [-0.39, 0.29) is 0 Å². The van der Waals surface area contributed by atoms with Crippen molar-refractivity contribution in [2.24, 2.45) is 0 Å². The Morgan fingerprint density at radius 2 is 2.00 bits per heavy atom. The smallest absolute Gasteiger partial charge is 0.337 e. The third kappa shape index (κ3) is 2.95. The van der Waals surface area contributed by atoms with Gasteiger partial charge in [-0.2, -0.15) is 5.26 Å². The van der Waals surface area contributed by atoms with Crippen molar-refractivity contribution in [3.05, 3.63) is 65.5 Å². The van der Waals surface area contributed by atoms with E-state index in [1.807, 2.05) is 25.1 Å². The summed E-state index contributed by atoms with van der Waals surface area (Å²) in [5, 5.41) is 15.7. The van der Waals surface area contributed by atoms with Gasteiger partial charge in [-0.1, -0.05) is 6.07 Å². The number of methoxy groups -OCH3 is 1. The monoisotopic (exact) mass is 372 g/mol. The van der Waals surface area contributed by atoms with Crippen molar-refractivity contribution < 1.29 is 9.53 Å². The highest BCUT2D eigenvalue weighted by Gasteiger charge is 2.19. The quantitative estimate of drug-likeness (QED) is 0.531. The molecule has 0 amide bonds. The predicted octanol–water partition coefficient (Wildman–Crippen LogP) is 3.43. The molecule has 8 nitrogen and oxygen atoms in total. The second kappa shape index (κ2) is 6.89. The average molecular weight is 372 g/mol. The van der Waals surface area contributed by atoms with Gasteiger partial charge in [0.2, 0.25) is 0 Å². The Morgan fingerprint density at radius 1 is 1.21 bits per heavy atom. The molecule has 0 aliphatic carbocycles. The minimum absolute atomic E-state index is 0.397. The summed E-state index contributed by atoms with van der Waals surface area (Å²) in [4.78, 5) is 20.8. The number of aryl methyl sites for hydroxylation is 1. The Bertz CT molecular complexity index is 1210. The lowest BCUT2D eigenvalue weighted by Crippen LogP contribution is -2.02. The van der Waals surface area contributed by atoms with Crippen molar-refractivity contribution in [2.75, 3.05) is 12.4 Å². The zero-order valence-electron chi connectivity index (χ0n) is 15.2. The van der Waals surface area contributed by atoms with Gasteiger partial charge in [0.05, 0.1) is 18.4 Å². The number of carbonyl (C=O) groups excluding carboxylic acids is 1. The molecule has 0 spiro atoms. The zero-order valence-corrected chi connectivity index (χ0v) is 15.2. The van der Waals surface area contributed by atoms with Gasteiger partial charge < -0.3 is 10.1 Å². The molecule has 3 aromatic heterocycles. The molecule has 8 heteroatoms. The summed E-state index contributed by atoms with van der Waals surface area (Å²) in [5.41, 5.74) is 4.31. The van der Waals surface area contributed by atoms with E-state index in [0.717, 1.165) is 11.4 Å². The highest BCUT2D eigenvalue weighted by Crippen LogP contribution is 2.31. The number of carbonyl (C=O) groups is 1. The molecule has 0 aliphatic rings. The van der Waals surface area contributed by atoms with Gasteiger partial charge in [-0.05, 0) is 43.3 Å². The maximum absolute atomic E-state index is 11.6. The number of nitrogens with zero attached hydrogens (tertiary/aromatic N) is 4. The molecule has 2 N–H and O–H groups in total. The first kappa shape index (κ1) is 17.3. The lowest BCUT2D eigenvalue weighted by Gasteiger charge is -2.09. The summed E-state index contributed by atoms with van der Waals surface area (Å²) in [6.45, 7) is 1.91. The summed E-state index contributed by atoms with van der Waals surface area (Å²) >= 11 is 0. The number of hydrogen-bond acceptors (Lipinski definition) is 6. The number of aromatic nitrogens is 4. The van der Waals surface area contributed by atoms with Crippen LogP contribution >= 0.6 is 0 Å². The molecule has 0 aliphatic heterocycles. The normalized spacial score (nSPS) is 10.6. The number of imidazole rings is 1. The van der Waals surface area contributed by atoms with Gasteiger partial charge in [-0.15, -0.1) is 0 Å². The molecular formula is C20H16N6O2. The fourth-order valence-electron chi connectivity index (χ4n) is 2.92. The van der Waals surface area contributed by atoms with Crippen molar-refractivity contribution >= 4 is 23.1 Å². The van der Waals surface area contributed by atoms with E-state index in [4.69, 9.17) is 4.74 Å². The largest absolute Gasteiger partial charge is 0.465 e. The maximum Gasteiger partial charge on any atom is 0.337 e. The molecular weight excluding hydrogens is 356 g/mol. The molecule has 4 aromatic rings. The number of aromatic amines is 1. The fourth-order valence-corrected chi connectivity index (χ4v) is 2.92. The van der Waals surface area contributed by atoms with Crippen molar-refractivity contribution in [3.8, 4) is 17.5 Å². The van der Waals surface area contributed by atoms with E-state index >= 15 is 0 Å². The highest BCUT2D eigenvalue weighted by atomic mass is 16.5. The van der Waals surface area contributed by atoms with Gasteiger partial charge in [0, 0.05) is 17.6 Å². The molecule has 0 unspecified atom stereocenters. The molecule has 0 radical (unpaired) electrons. The van der Waals surface area contributed by atoms with Crippen LogP contribution in [0.3, 0.4) is 0 Å². The number of anilines is 2. The molecule has 0 saturated heterocycles. The zero-order chi connectivity index (χ0) is 19.7. The van der Waals surface area contributed by atoms with Crippen LogP contribution in [0.25, 0.3) is 17.0 Å². The van der Waals surface area contributed by atoms with Crippen LogP contribution in [0.1, 0.15) is 21.6 Å². The Kier molecular flexibility index (Phi) is 4.26. The third-order valence-corrected chi connectivity index (χ3v) is 4.28. The van der Waals surface area contributed by atoms with Crippen molar-refractivity contribution in [1.29, 1.82) is 5.26 Å². The SMILES string of the molecule is COC(=O)c1ccc(Nc2c(-c3cccc(C)n3)nc3c(C#N)c[nH]n23)cc1. The molecule has 1 aromatic carbocycles. The number of nitrogens with one attached hydrogen (secondary N) is 2. The number of hydrogen-bond donors (Lipinski definition) is 2. The second-order valence-corrected chi connectivity index (χ2v) is 6.13. The summed E-state index contributed by atoms with van der Waals surface area (Å²) in [5.74, 6) is 0.242. The Hall–Kier alpha value is -4.12. The molecule has 4 rings (SSSR count). The van der Waals surface area contributed by atoms with Crippen molar-refractivity contribution in [2.45, 2.75) is 6.92 Å². The number of pyridine rings is 1. The number of rotatable bonds is 4. The minimum atomic E-state index is -0.397. The summed E-state index contributed by atoms with van der Waals surface area (Å²) in [7, 11) is 1.34. The molecule has 28 heavy (non-hydrogen) atoms. The fraction of sp³-hybridized carbons (Fsp3) is 0.100. The van der Waals surface area contributed by atoms with Crippen LogP contribution in [0.4, 0.5) is 11.5 Å². The van der Waals surface area contributed by atoms with Gasteiger partial charge >= 0.3 is 5.97 Å². The third-order valence-electron chi connectivity index (χ3n) is 4.28.